The van der Waals surface area contributed by atoms with Gasteiger partial charge in [-0.1, -0.05) is 11.6 Å². The largest absolute Gasteiger partial charge is 0.492 e. The highest BCUT2D eigenvalue weighted by Gasteiger charge is 2.11. The van der Waals surface area contributed by atoms with Gasteiger partial charge in [0.1, 0.15) is 11.6 Å². The minimum Gasteiger partial charge on any atom is -0.492 e. The predicted molar refractivity (Wildman–Crippen MR) is 58.4 cm³/mol. The average molecular weight is 213 g/mol. The Hall–Kier alpha value is -1.22. The van der Waals surface area contributed by atoms with Crippen LogP contribution in [0.5, 0.6) is 5.75 Å². The standard InChI is InChI=1S/C10H13ClN2O/c1-3-14-9-7(10(12)13)4-6(2)5-8(9)11/h4-5H,3H2,1-2H3,(H3,12,13). The Morgan fingerprint density at radius 1 is 1.57 bits per heavy atom. The highest BCUT2D eigenvalue weighted by atomic mass is 35.5. The first-order valence-electron chi connectivity index (χ1n) is 4.33. The van der Waals surface area contributed by atoms with E-state index in [1.54, 1.807) is 12.1 Å². The van der Waals surface area contributed by atoms with Gasteiger partial charge in [0.15, 0.2) is 0 Å². The summed E-state index contributed by atoms with van der Waals surface area (Å²) >= 11 is 5.98. The molecule has 0 amide bonds. The molecule has 0 aliphatic rings. The first kappa shape index (κ1) is 10.9. The molecule has 0 heterocycles. The topological polar surface area (TPSA) is 59.1 Å². The number of ether oxygens (including phenoxy) is 1. The average Bonchev–Trinajstić information content (AvgIpc) is 2.09. The number of benzene rings is 1. The first-order chi connectivity index (χ1) is 6.56. The fourth-order valence-electron chi connectivity index (χ4n) is 1.22. The van der Waals surface area contributed by atoms with Crippen LogP contribution in [0.2, 0.25) is 5.02 Å². The van der Waals surface area contributed by atoms with Crippen LogP contribution in [0.25, 0.3) is 0 Å². The molecule has 3 nitrogen and oxygen atoms in total. The predicted octanol–water partition coefficient (Wildman–Crippen LogP) is 2.33. The fourth-order valence-corrected chi connectivity index (χ4v) is 1.55. The smallest absolute Gasteiger partial charge is 0.148 e. The summed E-state index contributed by atoms with van der Waals surface area (Å²) in [6.07, 6.45) is 0. The molecule has 0 aliphatic heterocycles. The zero-order valence-corrected chi connectivity index (χ0v) is 8.98. The van der Waals surface area contributed by atoms with Crippen molar-refractivity contribution in [3.8, 4) is 5.75 Å². The Labute approximate surface area is 88.3 Å². The van der Waals surface area contributed by atoms with Crippen LogP contribution in [0, 0.1) is 12.3 Å². The Morgan fingerprint density at radius 3 is 2.71 bits per heavy atom. The second-order valence-corrected chi connectivity index (χ2v) is 3.38. The molecular formula is C10H13ClN2O. The number of hydrogen-bond donors (Lipinski definition) is 2. The van der Waals surface area contributed by atoms with E-state index in [9.17, 15) is 0 Å². The first-order valence-corrected chi connectivity index (χ1v) is 4.71. The van der Waals surface area contributed by atoms with Crippen LogP contribution in [0.1, 0.15) is 18.1 Å². The van der Waals surface area contributed by atoms with Crippen LogP contribution in [0.4, 0.5) is 0 Å². The zero-order valence-electron chi connectivity index (χ0n) is 8.23. The second kappa shape index (κ2) is 4.33. The fraction of sp³-hybridized carbons (Fsp3) is 0.300. The molecule has 0 radical (unpaired) electrons. The third kappa shape index (κ3) is 2.17. The second-order valence-electron chi connectivity index (χ2n) is 2.97. The highest BCUT2D eigenvalue weighted by molar-refractivity contribution is 6.32. The lowest BCUT2D eigenvalue weighted by atomic mass is 10.1. The lowest BCUT2D eigenvalue weighted by molar-refractivity contribution is 0.339. The number of rotatable bonds is 3. The molecule has 1 rings (SSSR count). The lowest BCUT2D eigenvalue weighted by Crippen LogP contribution is -2.13. The van der Waals surface area contributed by atoms with Gasteiger partial charge in [0, 0.05) is 0 Å². The minimum atomic E-state index is -0.0287. The van der Waals surface area contributed by atoms with E-state index in [1.807, 2.05) is 13.8 Å². The molecule has 1 aromatic rings. The van der Waals surface area contributed by atoms with E-state index in [-0.39, 0.29) is 5.84 Å². The van der Waals surface area contributed by atoms with E-state index >= 15 is 0 Å². The number of nitrogen functional groups attached to an aromatic ring is 1. The molecule has 0 bridgehead atoms. The molecule has 0 aromatic heterocycles. The molecule has 3 N–H and O–H groups in total. The number of aryl methyl sites for hydroxylation is 1. The van der Waals surface area contributed by atoms with Crippen molar-refractivity contribution in [3.63, 3.8) is 0 Å². The van der Waals surface area contributed by atoms with Gasteiger partial charge in [-0.3, -0.25) is 5.41 Å². The molecule has 0 fully saturated rings. The summed E-state index contributed by atoms with van der Waals surface area (Å²) in [7, 11) is 0. The van der Waals surface area contributed by atoms with Gasteiger partial charge in [0.05, 0.1) is 17.2 Å². The van der Waals surface area contributed by atoms with Crippen molar-refractivity contribution in [1.29, 1.82) is 5.41 Å². The Bertz CT molecular complexity index is 363. The molecular weight excluding hydrogens is 200 g/mol. The number of hydrogen-bond acceptors (Lipinski definition) is 2. The van der Waals surface area contributed by atoms with Gasteiger partial charge in [0.25, 0.3) is 0 Å². The summed E-state index contributed by atoms with van der Waals surface area (Å²) in [6.45, 7) is 4.26. The normalized spacial score (nSPS) is 9.93. The van der Waals surface area contributed by atoms with Crippen LogP contribution in [0.15, 0.2) is 12.1 Å². The maximum absolute atomic E-state index is 7.39. The molecule has 0 aliphatic carbocycles. The number of nitrogens with two attached hydrogens (primary N) is 1. The van der Waals surface area contributed by atoms with Crippen LogP contribution in [0.3, 0.4) is 0 Å². The van der Waals surface area contributed by atoms with E-state index in [0.717, 1.165) is 5.56 Å². The molecule has 14 heavy (non-hydrogen) atoms. The van der Waals surface area contributed by atoms with Crippen molar-refractivity contribution in [1.82, 2.24) is 0 Å². The maximum atomic E-state index is 7.39. The SMILES string of the molecule is CCOc1c(Cl)cc(C)cc1C(=N)N. The molecule has 0 unspecified atom stereocenters. The summed E-state index contributed by atoms with van der Waals surface area (Å²) in [5.41, 5.74) is 6.94. The monoisotopic (exact) mass is 212 g/mol. The Balaban J connectivity index is 3.28. The lowest BCUT2D eigenvalue weighted by Gasteiger charge is -2.11. The van der Waals surface area contributed by atoms with Gasteiger partial charge in [-0.25, -0.2) is 0 Å². The summed E-state index contributed by atoms with van der Waals surface area (Å²) in [5.74, 6) is 0.464. The van der Waals surface area contributed by atoms with E-state index in [2.05, 4.69) is 0 Å². The number of halogens is 1. The molecule has 76 valence electrons. The minimum absolute atomic E-state index is 0.0287. The Morgan fingerprint density at radius 2 is 2.21 bits per heavy atom. The van der Waals surface area contributed by atoms with Gasteiger partial charge >= 0.3 is 0 Å². The van der Waals surface area contributed by atoms with E-state index in [4.69, 9.17) is 27.5 Å². The van der Waals surface area contributed by atoms with Gasteiger partial charge in [-0.15, -0.1) is 0 Å². The van der Waals surface area contributed by atoms with Gasteiger partial charge in [-0.05, 0) is 31.5 Å². The maximum Gasteiger partial charge on any atom is 0.148 e. The molecule has 0 atom stereocenters. The molecule has 0 spiro atoms. The summed E-state index contributed by atoms with van der Waals surface area (Å²) in [5, 5.41) is 7.88. The van der Waals surface area contributed by atoms with Gasteiger partial charge in [0.2, 0.25) is 0 Å². The van der Waals surface area contributed by atoms with Crippen molar-refractivity contribution < 1.29 is 4.74 Å². The van der Waals surface area contributed by atoms with E-state index in [0.29, 0.717) is 22.9 Å². The highest BCUT2D eigenvalue weighted by Crippen LogP contribution is 2.29. The van der Waals surface area contributed by atoms with Crippen LogP contribution in [-0.2, 0) is 0 Å². The van der Waals surface area contributed by atoms with Crippen molar-refractivity contribution in [2.45, 2.75) is 13.8 Å². The van der Waals surface area contributed by atoms with Crippen molar-refractivity contribution >= 4 is 17.4 Å². The number of nitrogens with one attached hydrogen (secondary N) is 1. The molecule has 1 aromatic carbocycles. The van der Waals surface area contributed by atoms with Gasteiger partial charge < -0.3 is 10.5 Å². The van der Waals surface area contributed by atoms with Crippen LogP contribution in [-0.4, -0.2) is 12.4 Å². The van der Waals surface area contributed by atoms with Crippen molar-refractivity contribution in [2.75, 3.05) is 6.61 Å². The number of amidine groups is 1. The summed E-state index contributed by atoms with van der Waals surface area (Å²) in [6, 6.07) is 3.58. The van der Waals surface area contributed by atoms with E-state index in [1.165, 1.54) is 0 Å². The van der Waals surface area contributed by atoms with Crippen molar-refractivity contribution in [3.05, 3.63) is 28.3 Å². The van der Waals surface area contributed by atoms with Crippen molar-refractivity contribution in [2.24, 2.45) is 5.73 Å². The molecule has 4 heteroatoms. The molecule has 0 saturated heterocycles. The van der Waals surface area contributed by atoms with E-state index < -0.39 is 0 Å². The van der Waals surface area contributed by atoms with Crippen LogP contribution >= 0.6 is 11.6 Å². The quantitative estimate of drug-likeness (QED) is 0.597. The summed E-state index contributed by atoms with van der Waals surface area (Å²) < 4.78 is 5.33. The zero-order chi connectivity index (χ0) is 10.7. The van der Waals surface area contributed by atoms with Gasteiger partial charge in [-0.2, -0.15) is 0 Å². The molecule has 0 saturated carbocycles. The summed E-state index contributed by atoms with van der Waals surface area (Å²) in [4.78, 5) is 0. The third-order valence-corrected chi connectivity index (χ3v) is 2.05. The third-order valence-electron chi connectivity index (χ3n) is 1.77. The van der Waals surface area contributed by atoms with Crippen LogP contribution < -0.4 is 10.5 Å². The Kier molecular flexibility index (Phi) is 3.36.